The number of nitrogens with one attached hydrogen (secondary N) is 4. The lowest BCUT2D eigenvalue weighted by Gasteiger charge is -2.26. The van der Waals surface area contributed by atoms with Gasteiger partial charge in [-0.1, -0.05) is 48.5 Å². The average Bonchev–Trinajstić information content (AvgIpc) is 3.06. The van der Waals surface area contributed by atoms with Crippen LogP contribution in [0.5, 0.6) is 11.5 Å². The number of carbonyl (C=O) groups is 4. The molecule has 0 unspecified atom stereocenters. The lowest BCUT2D eigenvalue weighted by atomic mass is 10.0. The molecule has 3 aromatic carbocycles. The fourth-order valence-electron chi connectivity index (χ4n) is 5.37. The highest BCUT2D eigenvalue weighted by molar-refractivity contribution is 6.01. The second-order valence-electron chi connectivity index (χ2n) is 11.3. The number of aromatic hydroxyl groups is 1. The number of rotatable bonds is 7. The Morgan fingerprint density at radius 1 is 0.891 bits per heavy atom. The van der Waals surface area contributed by atoms with Crippen molar-refractivity contribution in [1.82, 2.24) is 26.2 Å². The zero-order chi connectivity index (χ0) is 32.3. The number of para-hydroxylation sites is 1. The zero-order valence-corrected chi connectivity index (χ0v) is 25.5. The number of ether oxygens (including phenoxy) is 2. The molecule has 0 bridgehead atoms. The predicted octanol–water partition coefficient (Wildman–Crippen LogP) is 1.27. The molecule has 2 heterocycles. The van der Waals surface area contributed by atoms with Crippen molar-refractivity contribution in [3.05, 3.63) is 95.1 Å². The fourth-order valence-corrected chi connectivity index (χ4v) is 5.37. The molecule has 12 nitrogen and oxygen atoms in total. The van der Waals surface area contributed by atoms with Crippen LogP contribution < -0.4 is 26.0 Å². The number of hydrogen-bond donors (Lipinski definition) is 5. The van der Waals surface area contributed by atoms with Crippen LogP contribution in [-0.4, -0.2) is 85.2 Å². The summed E-state index contributed by atoms with van der Waals surface area (Å²) in [5, 5.41) is 20.7. The van der Waals surface area contributed by atoms with E-state index < -0.39 is 42.1 Å². The number of phenolic OH excluding ortho intramolecular Hbond substituents is 1. The van der Waals surface area contributed by atoms with E-state index in [2.05, 4.69) is 26.2 Å². The Balaban J connectivity index is 1.31. The van der Waals surface area contributed by atoms with Crippen LogP contribution in [0.4, 0.5) is 0 Å². The molecule has 0 aliphatic carbocycles. The maximum absolute atomic E-state index is 13.5. The number of benzene rings is 3. The van der Waals surface area contributed by atoms with E-state index in [1.807, 2.05) is 24.3 Å². The fraction of sp³-hybridized carbons (Fsp3) is 0.353. The number of morpholine rings is 1. The highest BCUT2D eigenvalue weighted by Crippen LogP contribution is 2.19. The zero-order valence-electron chi connectivity index (χ0n) is 25.5. The first-order chi connectivity index (χ1) is 22.3. The Hall–Kier alpha value is -4.94. The summed E-state index contributed by atoms with van der Waals surface area (Å²) in [6.45, 7) is 4.29. The molecule has 0 radical (unpaired) electrons. The minimum atomic E-state index is -1.24. The van der Waals surface area contributed by atoms with Gasteiger partial charge in [0.1, 0.15) is 30.2 Å². The molecule has 242 valence electrons. The molecule has 2 aliphatic rings. The molecular formula is C34H39N5O7. The SMILES string of the molecule is O=C1C[C@@H](C(=O)NCc2cccc(CN3CCOCC3)c2)NC(=O)c2ccccc2OCCNC(=O)[C@H](Cc2ccc(O)cc2)N1. The van der Waals surface area contributed by atoms with Crippen LogP contribution in [-0.2, 0) is 38.6 Å². The van der Waals surface area contributed by atoms with Crippen molar-refractivity contribution in [3.63, 3.8) is 0 Å². The van der Waals surface area contributed by atoms with E-state index in [0.717, 1.165) is 30.8 Å². The highest BCUT2D eigenvalue weighted by atomic mass is 16.5. The predicted molar refractivity (Wildman–Crippen MR) is 169 cm³/mol. The summed E-state index contributed by atoms with van der Waals surface area (Å²) in [4.78, 5) is 55.7. The summed E-state index contributed by atoms with van der Waals surface area (Å²) in [6.07, 6.45) is -0.261. The summed E-state index contributed by atoms with van der Waals surface area (Å²) in [5.74, 6) is -1.78. The molecule has 2 atom stereocenters. The minimum Gasteiger partial charge on any atom is -0.508 e. The van der Waals surface area contributed by atoms with Gasteiger partial charge in [-0.25, -0.2) is 0 Å². The van der Waals surface area contributed by atoms with Crippen molar-refractivity contribution in [2.75, 3.05) is 39.5 Å². The van der Waals surface area contributed by atoms with Gasteiger partial charge in [0.2, 0.25) is 17.7 Å². The van der Waals surface area contributed by atoms with Gasteiger partial charge in [0.05, 0.1) is 31.7 Å². The van der Waals surface area contributed by atoms with E-state index in [0.29, 0.717) is 18.8 Å². The molecule has 5 N–H and O–H groups in total. The number of phenols is 1. The van der Waals surface area contributed by atoms with E-state index in [4.69, 9.17) is 9.47 Å². The molecule has 5 rings (SSSR count). The van der Waals surface area contributed by atoms with E-state index in [9.17, 15) is 24.3 Å². The van der Waals surface area contributed by atoms with Crippen LogP contribution in [0.2, 0.25) is 0 Å². The summed E-state index contributed by atoms with van der Waals surface area (Å²) in [5.41, 5.74) is 2.89. The van der Waals surface area contributed by atoms with E-state index in [1.165, 1.54) is 12.1 Å². The first-order valence-corrected chi connectivity index (χ1v) is 15.4. The van der Waals surface area contributed by atoms with Crippen molar-refractivity contribution in [1.29, 1.82) is 0 Å². The maximum Gasteiger partial charge on any atom is 0.255 e. The summed E-state index contributed by atoms with van der Waals surface area (Å²) >= 11 is 0. The molecule has 12 heteroatoms. The van der Waals surface area contributed by atoms with Crippen LogP contribution in [0.3, 0.4) is 0 Å². The van der Waals surface area contributed by atoms with Crippen molar-refractivity contribution in [2.24, 2.45) is 0 Å². The van der Waals surface area contributed by atoms with Crippen LogP contribution >= 0.6 is 0 Å². The average molecular weight is 630 g/mol. The minimum absolute atomic E-state index is 0.0738. The molecule has 1 saturated heterocycles. The third-order valence-corrected chi connectivity index (χ3v) is 7.80. The second kappa shape index (κ2) is 15.9. The molecule has 0 saturated carbocycles. The Morgan fingerprint density at radius 3 is 2.46 bits per heavy atom. The summed E-state index contributed by atoms with van der Waals surface area (Å²) in [7, 11) is 0. The normalized spacial score (nSPS) is 19.8. The van der Waals surface area contributed by atoms with Gasteiger partial charge in [0, 0.05) is 32.6 Å². The van der Waals surface area contributed by atoms with E-state index in [1.54, 1.807) is 36.4 Å². The van der Waals surface area contributed by atoms with Gasteiger partial charge < -0.3 is 35.8 Å². The molecule has 0 spiro atoms. The number of hydrogen-bond acceptors (Lipinski definition) is 8. The number of carbonyl (C=O) groups excluding carboxylic acids is 4. The number of amides is 4. The van der Waals surface area contributed by atoms with Crippen molar-refractivity contribution < 1.29 is 33.8 Å². The maximum atomic E-state index is 13.5. The molecule has 0 aromatic heterocycles. The van der Waals surface area contributed by atoms with Crippen molar-refractivity contribution in [3.8, 4) is 11.5 Å². The van der Waals surface area contributed by atoms with Gasteiger partial charge in [-0.2, -0.15) is 0 Å². The van der Waals surface area contributed by atoms with Gasteiger partial charge in [0.15, 0.2) is 0 Å². The van der Waals surface area contributed by atoms with Gasteiger partial charge in [-0.05, 0) is 41.0 Å². The molecule has 46 heavy (non-hydrogen) atoms. The Labute approximate surface area is 267 Å². The summed E-state index contributed by atoms with van der Waals surface area (Å²) in [6, 6.07) is 18.6. The van der Waals surface area contributed by atoms with Gasteiger partial charge in [-0.3, -0.25) is 24.1 Å². The Kier molecular flexibility index (Phi) is 11.2. The molecule has 1 fully saturated rings. The topological polar surface area (TPSA) is 158 Å². The van der Waals surface area contributed by atoms with E-state index in [-0.39, 0.29) is 43.2 Å². The smallest absolute Gasteiger partial charge is 0.255 e. The van der Waals surface area contributed by atoms with Gasteiger partial charge in [-0.15, -0.1) is 0 Å². The third-order valence-electron chi connectivity index (χ3n) is 7.80. The quantitative estimate of drug-likeness (QED) is 0.262. The Morgan fingerprint density at radius 2 is 1.65 bits per heavy atom. The van der Waals surface area contributed by atoms with Crippen molar-refractivity contribution in [2.45, 2.75) is 38.0 Å². The lowest BCUT2D eigenvalue weighted by Crippen LogP contribution is -2.53. The third kappa shape index (κ3) is 9.29. The van der Waals surface area contributed by atoms with Crippen LogP contribution in [0.15, 0.2) is 72.8 Å². The monoisotopic (exact) mass is 629 g/mol. The molecule has 4 amide bonds. The van der Waals surface area contributed by atoms with E-state index >= 15 is 0 Å². The largest absolute Gasteiger partial charge is 0.508 e. The Bertz CT molecular complexity index is 1520. The molecule has 3 aromatic rings. The second-order valence-corrected chi connectivity index (χ2v) is 11.3. The summed E-state index contributed by atoms with van der Waals surface area (Å²) < 4.78 is 11.2. The van der Waals surface area contributed by atoms with Crippen LogP contribution in [0, 0.1) is 0 Å². The number of fused-ring (bicyclic) bond motifs is 1. The van der Waals surface area contributed by atoms with Crippen LogP contribution in [0.25, 0.3) is 0 Å². The lowest BCUT2D eigenvalue weighted by molar-refractivity contribution is -0.131. The first kappa shape index (κ1) is 32.5. The highest BCUT2D eigenvalue weighted by Gasteiger charge is 2.29. The van der Waals surface area contributed by atoms with Crippen molar-refractivity contribution >= 4 is 23.6 Å². The van der Waals surface area contributed by atoms with Gasteiger partial charge >= 0.3 is 0 Å². The first-order valence-electron chi connectivity index (χ1n) is 15.4. The molecular weight excluding hydrogens is 590 g/mol. The standard InChI is InChI=1S/C34H39N5O7/c40-26-10-8-23(9-11-26)19-28-33(43)35-12-15-46-30-7-2-1-6-27(30)32(42)38-29(20-31(41)37-28)34(44)36-21-24-4-3-5-25(18-24)22-39-13-16-45-17-14-39/h1-11,18,28-29,40H,12-17,19-22H2,(H,35,43)(H,36,44)(H,37,41)(H,38,42)/t28-,29-/m0/s1. The molecule has 2 aliphatic heterocycles. The van der Waals surface area contributed by atoms with Gasteiger partial charge in [0.25, 0.3) is 5.91 Å². The number of nitrogens with zero attached hydrogens (tertiary/aromatic N) is 1. The van der Waals surface area contributed by atoms with Crippen LogP contribution in [0.1, 0.15) is 33.5 Å².